The van der Waals surface area contributed by atoms with E-state index in [0.717, 1.165) is 19.3 Å². The van der Waals surface area contributed by atoms with Crippen molar-refractivity contribution in [3.8, 4) is 0 Å². The summed E-state index contributed by atoms with van der Waals surface area (Å²) in [6.07, 6.45) is 20.9. The first kappa shape index (κ1) is 24.4. The first-order valence-electron chi connectivity index (χ1n) is 11.6. The lowest BCUT2D eigenvalue weighted by atomic mass is 10.0. The molecule has 0 bridgehead atoms. The third-order valence-corrected chi connectivity index (χ3v) is 5.61. The molecule has 0 atom stereocenters. The molecule has 3 N–H and O–H groups in total. The van der Waals surface area contributed by atoms with Crippen molar-refractivity contribution in [3.63, 3.8) is 0 Å². The zero-order valence-corrected chi connectivity index (χ0v) is 18.7. The topological polar surface area (TPSA) is 28.6 Å². The maximum atomic E-state index is 3.44. The zero-order chi connectivity index (χ0) is 19.3. The van der Waals surface area contributed by atoms with Gasteiger partial charge in [-0.3, -0.25) is 0 Å². The smallest absolute Gasteiger partial charge is 0.101 e. The Balaban J connectivity index is 1.67. The van der Waals surface area contributed by atoms with Gasteiger partial charge in [-0.15, -0.1) is 0 Å². The predicted octanol–water partition coefficient (Wildman–Crippen LogP) is 4.93. The lowest BCUT2D eigenvalue weighted by Gasteiger charge is -2.04. The Kier molecular flexibility index (Phi) is 18.2. The molecule has 0 saturated heterocycles. The molecule has 3 heteroatoms. The van der Waals surface area contributed by atoms with Crippen molar-refractivity contribution in [2.24, 2.45) is 0 Å². The highest BCUT2D eigenvalue weighted by Gasteiger charge is 1.96. The van der Waals surface area contributed by atoms with Gasteiger partial charge in [-0.05, 0) is 32.0 Å². The molecule has 0 unspecified atom stereocenters. The monoisotopic (exact) mass is 388 g/mol. The SMILES string of the molecule is [Si]CNCCCCCCCCCCCCCCCC[NH2+]Cc1ccccc1. The van der Waals surface area contributed by atoms with E-state index >= 15 is 0 Å². The van der Waals surface area contributed by atoms with Crippen LogP contribution in [0.25, 0.3) is 0 Å². The lowest BCUT2D eigenvalue weighted by Crippen LogP contribution is -2.82. The Bertz CT molecular complexity index is 397. The van der Waals surface area contributed by atoms with Gasteiger partial charge in [0.25, 0.3) is 0 Å². The van der Waals surface area contributed by atoms with E-state index in [4.69, 9.17) is 0 Å². The summed E-state index contributed by atoms with van der Waals surface area (Å²) in [6, 6.07) is 10.8. The third-order valence-electron chi connectivity index (χ3n) is 5.36. The van der Waals surface area contributed by atoms with E-state index in [1.54, 1.807) is 0 Å². The maximum absolute atomic E-state index is 3.44. The van der Waals surface area contributed by atoms with Gasteiger partial charge in [-0.1, -0.05) is 101 Å². The van der Waals surface area contributed by atoms with Gasteiger partial charge in [-0.25, -0.2) is 0 Å². The summed E-state index contributed by atoms with van der Waals surface area (Å²) in [5.41, 5.74) is 1.44. The van der Waals surface area contributed by atoms with Gasteiger partial charge in [0.1, 0.15) is 6.54 Å². The van der Waals surface area contributed by atoms with Gasteiger partial charge in [0.15, 0.2) is 0 Å². The van der Waals surface area contributed by atoms with Crippen molar-refractivity contribution >= 4 is 10.2 Å². The second-order valence-electron chi connectivity index (χ2n) is 7.89. The van der Waals surface area contributed by atoms with Crippen molar-refractivity contribution < 1.29 is 5.32 Å². The molecule has 0 aliphatic carbocycles. The molecule has 0 fully saturated rings. The number of nitrogens with two attached hydrogens (primary N) is 1. The summed E-state index contributed by atoms with van der Waals surface area (Å²) in [5.74, 6) is 0. The van der Waals surface area contributed by atoms with Crippen LogP contribution in [0.2, 0.25) is 0 Å². The number of rotatable bonds is 20. The van der Waals surface area contributed by atoms with Gasteiger partial charge in [0.05, 0.1) is 6.54 Å². The fourth-order valence-corrected chi connectivity index (χ4v) is 3.81. The highest BCUT2D eigenvalue weighted by Crippen LogP contribution is 2.12. The van der Waals surface area contributed by atoms with Gasteiger partial charge in [0.2, 0.25) is 0 Å². The van der Waals surface area contributed by atoms with Crippen LogP contribution < -0.4 is 10.6 Å². The summed E-state index contributed by atoms with van der Waals surface area (Å²) in [6.45, 7) is 3.58. The lowest BCUT2D eigenvalue weighted by molar-refractivity contribution is -0.671. The van der Waals surface area contributed by atoms with Crippen molar-refractivity contribution in [3.05, 3.63) is 35.9 Å². The van der Waals surface area contributed by atoms with Crippen molar-refractivity contribution in [1.82, 2.24) is 5.32 Å². The van der Waals surface area contributed by atoms with Crippen LogP contribution in [-0.4, -0.2) is 29.5 Å². The van der Waals surface area contributed by atoms with E-state index < -0.39 is 0 Å². The van der Waals surface area contributed by atoms with Gasteiger partial charge in [-0.2, -0.15) is 0 Å². The molecule has 0 saturated carbocycles. The van der Waals surface area contributed by atoms with Gasteiger partial charge in [0, 0.05) is 15.8 Å². The molecule has 2 nitrogen and oxygen atoms in total. The molecule has 0 aromatic heterocycles. The van der Waals surface area contributed by atoms with Crippen LogP contribution in [0.4, 0.5) is 0 Å². The molecule has 1 rings (SSSR count). The quantitative estimate of drug-likeness (QED) is 0.241. The molecule has 1 aromatic carbocycles. The Morgan fingerprint density at radius 1 is 0.630 bits per heavy atom. The molecule has 0 spiro atoms. The standard InChI is InChI=1S/C24H43N2Si/c27-23-26-21-17-12-10-8-6-4-2-1-3-5-7-9-11-16-20-25-22-24-18-14-13-15-19-24/h13-15,18-19,25-26H,1-12,16-17,20-23H2/p+1. The zero-order valence-electron chi connectivity index (χ0n) is 17.7. The summed E-state index contributed by atoms with van der Waals surface area (Å²) >= 11 is 0. The maximum Gasteiger partial charge on any atom is 0.101 e. The highest BCUT2D eigenvalue weighted by molar-refractivity contribution is 6.08. The van der Waals surface area contributed by atoms with Crippen LogP contribution in [0, 0.1) is 0 Å². The van der Waals surface area contributed by atoms with Crippen LogP contribution in [0.1, 0.15) is 95.5 Å². The van der Waals surface area contributed by atoms with Crippen molar-refractivity contribution in [1.29, 1.82) is 0 Å². The van der Waals surface area contributed by atoms with Crippen LogP contribution in [0.15, 0.2) is 30.3 Å². The number of benzene rings is 1. The largest absolute Gasteiger partial charge is 0.343 e. The summed E-state index contributed by atoms with van der Waals surface area (Å²) in [7, 11) is 3.44. The first-order valence-corrected chi connectivity index (χ1v) is 12.3. The Hall–Kier alpha value is -0.643. The molecule has 153 valence electrons. The molecule has 3 radical (unpaired) electrons. The summed E-state index contributed by atoms with van der Waals surface area (Å²) in [5, 5.41) is 5.77. The van der Waals surface area contributed by atoms with Crippen LogP contribution in [0.3, 0.4) is 0 Å². The van der Waals surface area contributed by atoms with E-state index in [9.17, 15) is 0 Å². The molecule has 0 aliphatic heterocycles. The third kappa shape index (κ3) is 17.2. The van der Waals surface area contributed by atoms with Crippen LogP contribution in [0.5, 0.6) is 0 Å². The molecule has 1 aromatic rings. The van der Waals surface area contributed by atoms with Crippen molar-refractivity contribution in [2.45, 2.75) is 96.4 Å². The predicted molar refractivity (Wildman–Crippen MR) is 120 cm³/mol. The molecule has 27 heavy (non-hydrogen) atoms. The molecule has 0 aliphatic rings. The molecular formula is C24H44N2Si+. The number of quaternary nitrogens is 1. The number of hydrogen-bond acceptors (Lipinski definition) is 1. The normalized spacial score (nSPS) is 11.1. The minimum atomic E-state index is 0.924. The Morgan fingerprint density at radius 2 is 1.11 bits per heavy atom. The Morgan fingerprint density at radius 3 is 1.63 bits per heavy atom. The molecule has 0 heterocycles. The van der Waals surface area contributed by atoms with Crippen molar-refractivity contribution in [2.75, 3.05) is 19.3 Å². The fourth-order valence-electron chi connectivity index (χ4n) is 3.63. The second kappa shape index (κ2) is 20.1. The van der Waals surface area contributed by atoms with Crippen LogP contribution >= 0.6 is 0 Å². The molecule has 0 amide bonds. The first-order chi connectivity index (χ1) is 13.4. The van der Waals surface area contributed by atoms with Crippen LogP contribution in [-0.2, 0) is 6.54 Å². The minimum Gasteiger partial charge on any atom is -0.343 e. The van der Waals surface area contributed by atoms with E-state index in [1.807, 2.05) is 0 Å². The van der Waals surface area contributed by atoms with E-state index in [2.05, 4.69) is 51.2 Å². The number of nitrogens with one attached hydrogen (secondary N) is 1. The van der Waals surface area contributed by atoms with E-state index in [1.165, 1.54) is 102 Å². The highest BCUT2D eigenvalue weighted by atomic mass is 28.1. The molecular weight excluding hydrogens is 344 g/mol. The average molecular weight is 389 g/mol. The minimum absolute atomic E-state index is 0.924. The van der Waals surface area contributed by atoms with E-state index in [0.29, 0.717) is 0 Å². The fraction of sp³-hybridized carbons (Fsp3) is 0.750. The second-order valence-corrected chi connectivity index (χ2v) is 8.25. The van der Waals surface area contributed by atoms with Gasteiger partial charge >= 0.3 is 0 Å². The number of unbranched alkanes of at least 4 members (excludes halogenated alkanes) is 13. The average Bonchev–Trinajstić information content (AvgIpc) is 2.70. The summed E-state index contributed by atoms with van der Waals surface area (Å²) < 4.78 is 0. The van der Waals surface area contributed by atoms with E-state index in [-0.39, 0.29) is 0 Å². The number of hydrogen-bond donors (Lipinski definition) is 2. The van der Waals surface area contributed by atoms with Gasteiger partial charge < -0.3 is 10.6 Å². The summed E-state index contributed by atoms with van der Waals surface area (Å²) in [4.78, 5) is 0. The Labute approximate surface area is 172 Å².